The maximum absolute atomic E-state index is 13.4. The van der Waals surface area contributed by atoms with Gasteiger partial charge in [0.2, 0.25) is 0 Å². The summed E-state index contributed by atoms with van der Waals surface area (Å²) in [7, 11) is 0. The number of fused-ring (bicyclic) bond motifs is 2. The second-order valence-electron chi connectivity index (χ2n) is 8.08. The lowest BCUT2D eigenvalue weighted by Crippen LogP contribution is -2.35. The van der Waals surface area contributed by atoms with E-state index in [1.165, 1.54) is 23.2 Å². The molecule has 138 valence electrons. The van der Waals surface area contributed by atoms with Gasteiger partial charge < -0.3 is 10.6 Å². The summed E-state index contributed by atoms with van der Waals surface area (Å²) in [5.41, 5.74) is 4.86. The van der Waals surface area contributed by atoms with Gasteiger partial charge in [-0.25, -0.2) is 4.39 Å². The first-order valence-corrected chi connectivity index (χ1v) is 9.53. The van der Waals surface area contributed by atoms with Crippen molar-refractivity contribution in [2.75, 3.05) is 0 Å². The van der Waals surface area contributed by atoms with Gasteiger partial charge in [0.1, 0.15) is 5.83 Å². The molecule has 0 bridgehead atoms. The Kier molecular flexibility index (Phi) is 4.33. The summed E-state index contributed by atoms with van der Waals surface area (Å²) < 4.78 is 13.4. The normalized spacial score (nSPS) is 33.2. The largest absolute Gasteiger partial charge is 0.380 e. The predicted octanol–water partition coefficient (Wildman–Crippen LogP) is 3.46. The van der Waals surface area contributed by atoms with Gasteiger partial charge in [-0.3, -0.25) is 9.98 Å². The third kappa shape index (κ3) is 3.15. The van der Waals surface area contributed by atoms with Crippen LogP contribution in [0.25, 0.3) is 0 Å². The van der Waals surface area contributed by atoms with Crippen LogP contribution in [0.1, 0.15) is 34.1 Å². The summed E-state index contributed by atoms with van der Waals surface area (Å²) in [6.45, 7) is 8.76. The lowest BCUT2D eigenvalue weighted by Gasteiger charge is -2.25. The number of rotatable bonds is 4. The van der Waals surface area contributed by atoms with Crippen molar-refractivity contribution in [1.82, 2.24) is 10.6 Å². The van der Waals surface area contributed by atoms with Crippen LogP contribution in [-0.2, 0) is 0 Å². The molecule has 5 unspecified atom stereocenters. The third-order valence-corrected chi connectivity index (χ3v) is 5.65. The van der Waals surface area contributed by atoms with Crippen LogP contribution in [0.4, 0.5) is 4.39 Å². The summed E-state index contributed by atoms with van der Waals surface area (Å²) in [5, 5.41) is 7.01. The van der Waals surface area contributed by atoms with Gasteiger partial charge in [-0.05, 0) is 43.1 Å². The number of dihydropyridines is 2. The van der Waals surface area contributed by atoms with E-state index >= 15 is 0 Å². The van der Waals surface area contributed by atoms with Crippen molar-refractivity contribution in [2.24, 2.45) is 21.8 Å². The molecule has 4 aliphatic heterocycles. The van der Waals surface area contributed by atoms with E-state index in [0.29, 0.717) is 17.9 Å². The zero-order valence-corrected chi connectivity index (χ0v) is 15.8. The highest BCUT2D eigenvalue weighted by atomic mass is 19.1. The Balaban J connectivity index is 1.46. The van der Waals surface area contributed by atoms with Crippen LogP contribution >= 0.6 is 0 Å². The zero-order valence-electron chi connectivity index (χ0n) is 15.8. The second kappa shape index (κ2) is 6.53. The van der Waals surface area contributed by atoms with Crippen LogP contribution in [0, 0.1) is 11.8 Å². The molecule has 0 spiro atoms. The standard InChI is InChI=1S/C21H27FN4/c1-11(2)15-8-21-19(24-15)6-13(4)16(25-21)5-12(3)17-9-18-20(26-17)7-14(22)10-23-18/h6-12,18-21,24,26H,5H2,1-4H3. The molecule has 2 N–H and O–H groups in total. The summed E-state index contributed by atoms with van der Waals surface area (Å²) in [5.74, 6) is 0.537. The molecule has 4 heterocycles. The van der Waals surface area contributed by atoms with Gasteiger partial charge in [0.25, 0.3) is 0 Å². The molecule has 4 aliphatic rings. The highest BCUT2D eigenvalue weighted by molar-refractivity contribution is 6.01. The van der Waals surface area contributed by atoms with Crippen molar-refractivity contribution in [2.45, 2.75) is 58.3 Å². The van der Waals surface area contributed by atoms with E-state index in [-0.39, 0.29) is 24.0 Å². The minimum absolute atomic E-state index is 0.0110. The Morgan fingerprint density at radius 1 is 1.00 bits per heavy atom. The van der Waals surface area contributed by atoms with E-state index in [9.17, 15) is 4.39 Å². The van der Waals surface area contributed by atoms with E-state index < -0.39 is 0 Å². The Morgan fingerprint density at radius 2 is 1.69 bits per heavy atom. The molecule has 5 atom stereocenters. The van der Waals surface area contributed by atoms with Gasteiger partial charge in [0, 0.05) is 23.0 Å². The van der Waals surface area contributed by atoms with Crippen LogP contribution in [0.3, 0.4) is 0 Å². The van der Waals surface area contributed by atoms with Gasteiger partial charge in [-0.1, -0.05) is 26.8 Å². The molecule has 0 amide bonds. The van der Waals surface area contributed by atoms with Gasteiger partial charge in [0.05, 0.1) is 30.4 Å². The van der Waals surface area contributed by atoms with E-state index in [1.807, 2.05) is 0 Å². The van der Waals surface area contributed by atoms with Gasteiger partial charge in [-0.2, -0.15) is 0 Å². The average Bonchev–Trinajstić information content (AvgIpc) is 3.18. The summed E-state index contributed by atoms with van der Waals surface area (Å²) in [6.07, 6.45) is 10.5. The topological polar surface area (TPSA) is 48.8 Å². The minimum atomic E-state index is -0.260. The van der Waals surface area contributed by atoms with Crippen LogP contribution in [0.5, 0.6) is 0 Å². The fraction of sp³-hybridized carbons (Fsp3) is 0.524. The molecule has 0 aliphatic carbocycles. The van der Waals surface area contributed by atoms with Crippen LogP contribution in [-0.4, -0.2) is 36.1 Å². The molecular formula is C21H27FN4. The van der Waals surface area contributed by atoms with Crippen molar-refractivity contribution in [1.29, 1.82) is 0 Å². The van der Waals surface area contributed by atoms with Crippen molar-refractivity contribution < 1.29 is 4.39 Å². The smallest absolute Gasteiger partial charge is 0.139 e. The predicted molar refractivity (Wildman–Crippen MR) is 105 cm³/mol. The molecule has 0 radical (unpaired) electrons. The Bertz CT molecular complexity index is 784. The van der Waals surface area contributed by atoms with Crippen LogP contribution in [0.2, 0.25) is 0 Å². The number of nitrogens with one attached hydrogen (secondary N) is 2. The summed E-state index contributed by atoms with van der Waals surface area (Å²) in [6, 6.07) is 0.452. The molecule has 0 saturated heterocycles. The van der Waals surface area contributed by atoms with Crippen molar-refractivity contribution in [3.05, 3.63) is 47.1 Å². The van der Waals surface area contributed by atoms with E-state index in [1.54, 1.807) is 6.08 Å². The molecular weight excluding hydrogens is 327 g/mol. The second-order valence-corrected chi connectivity index (χ2v) is 8.08. The van der Waals surface area contributed by atoms with E-state index in [0.717, 1.165) is 12.1 Å². The first-order valence-electron chi connectivity index (χ1n) is 9.53. The fourth-order valence-corrected chi connectivity index (χ4v) is 4.06. The lowest BCUT2D eigenvalue weighted by atomic mass is 9.92. The third-order valence-electron chi connectivity index (χ3n) is 5.65. The molecule has 4 nitrogen and oxygen atoms in total. The first-order chi connectivity index (χ1) is 12.4. The summed E-state index contributed by atoms with van der Waals surface area (Å²) in [4.78, 5) is 9.29. The highest BCUT2D eigenvalue weighted by Gasteiger charge is 2.32. The first kappa shape index (κ1) is 17.3. The molecule has 26 heavy (non-hydrogen) atoms. The lowest BCUT2D eigenvalue weighted by molar-refractivity contribution is 0.570. The highest BCUT2D eigenvalue weighted by Crippen LogP contribution is 2.30. The van der Waals surface area contributed by atoms with Crippen LogP contribution < -0.4 is 10.6 Å². The number of hydrogen-bond acceptors (Lipinski definition) is 4. The number of nitrogens with zero attached hydrogens (tertiary/aromatic N) is 2. The van der Waals surface area contributed by atoms with E-state index in [4.69, 9.17) is 4.99 Å². The number of allylic oxidation sites excluding steroid dienone is 4. The Hall–Kier alpha value is -2.17. The quantitative estimate of drug-likeness (QED) is 0.812. The number of aliphatic imine (C=N–C) groups is 2. The van der Waals surface area contributed by atoms with Crippen molar-refractivity contribution >= 4 is 11.9 Å². The number of halogens is 1. The molecule has 0 aromatic carbocycles. The molecule has 0 fully saturated rings. The van der Waals surface area contributed by atoms with E-state index in [2.05, 4.69) is 61.5 Å². The van der Waals surface area contributed by atoms with Gasteiger partial charge in [-0.15, -0.1) is 0 Å². The van der Waals surface area contributed by atoms with Gasteiger partial charge >= 0.3 is 0 Å². The Morgan fingerprint density at radius 3 is 2.46 bits per heavy atom. The van der Waals surface area contributed by atoms with Crippen molar-refractivity contribution in [3.63, 3.8) is 0 Å². The molecule has 0 aromatic heterocycles. The summed E-state index contributed by atoms with van der Waals surface area (Å²) >= 11 is 0. The maximum atomic E-state index is 13.4. The Labute approximate surface area is 154 Å². The average molecular weight is 354 g/mol. The molecule has 0 aromatic rings. The molecule has 5 heteroatoms. The molecule has 4 rings (SSSR count). The van der Waals surface area contributed by atoms with Crippen LogP contribution in [0.15, 0.2) is 57.1 Å². The maximum Gasteiger partial charge on any atom is 0.139 e. The minimum Gasteiger partial charge on any atom is -0.380 e. The van der Waals surface area contributed by atoms with Crippen molar-refractivity contribution in [3.8, 4) is 0 Å². The molecule has 0 saturated carbocycles. The zero-order chi connectivity index (χ0) is 18.4. The monoisotopic (exact) mass is 354 g/mol. The fourth-order valence-electron chi connectivity index (χ4n) is 4.06. The SMILES string of the molecule is CC1=CC2NC(C(C)C)=CC2N=C1CC(C)C1=CC2N=CC(F)=CC2N1. The van der Waals surface area contributed by atoms with Gasteiger partial charge in [0.15, 0.2) is 0 Å². The number of hydrogen-bond donors (Lipinski definition) is 2.